The number of primary amides is 1. The first-order valence-corrected chi connectivity index (χ1v) is 37.0. The standard InChI is InChI=1S/C65H123N25O22/c1-31(68)51(99)82-42(20-15-27-76-65(72)73)57(105)90-50(36(6)94)62(110)86-40(17-9-12-24-67)54(102)85-43(21-22-45(69)96)58(106)89-49(35(5)93)61(109)79-32(2)52(100)83-41(19-14-26-75-64(70)71)55(103)84-39(18-10-13-25-74-37(7)95)56(104)87-44(30-91)59(107)88-48(34(4)92)60(108)78-28-46(97)77-29-47(98)81-38(16-8-11-23-66)53(101)80-33(3)63(111)112/h31-36,38-44,48-50,64-65,75-76,91-94H,8-30,66-68,70-73H2,1-7H3,(H2,69,96)(H,74,95)(H,77,97)(H,78,108)(H,79,109)(H,80,101)(H,81,98)(H,82,99)(H,83,100)(H,84,103)(H,85,102)(H,86,110)(H,87,104)(H,88,107)(H,89,106)(H,90,105)(H,111,112)/p+3/t31-,32-,33-,34+,35+,36+,38-,39-,40-,41-,42-,43-,44-,48-,49-,50-/m0/s1. The fraction of sp³-hybridized carbons (Fsp3) is 0.738. The normalized spacial score (nSPS) is 15.5. The summed E-state index contributed by atoms with van der Waals surface area (Å²) in [5.41, 5.74) is 39.0. The van der Waals surface area contributed by atoms with Gasteiger partial charge in [-0.2, -0.15) is 0 Å². The summed E-state index contributed by atoms with van der Waals surface area (Å²) in [7, 11) is 0. The van der Waals surface area contributed by atoms with Crippen molar-refractivity contribution >= 4 is 100 Å². The van der Waals surface area contributed by atoms with E-state index in [0.29, 0.717) is 32.4 Å². The second-order valence-electron chi connectivity index (χ2n) is 27.0. The average Bonchev–Trinajstić information content (AvgIpc) is 0.855. The number of amides is 16. The van der Waals surface area contributed by atoms with Crippen LogP contribution in [0.15, 0.2) is 0 Å². The number of nitrogens with two attached hydrogens (primary N) is 5. The highest BCUT2D eigenvalue weighted by Gasteiger charge is 2.38. The van der Waals surface area contributed by atoms with E-state index < -0.39 is 242 Å². The predicted octanol–water partition coefficient (Wildman–Crippen LogP) is -16.5. The Morgan fingerprint density at radius 2 is 0.696 bits per heavy atom. The number of rotatable bonds is 59. The molecule has 0 unspecified atom stereocenters. The molecular weight excluding hydrogens is 1480 g/mol. The molecule has 0 saturated heterocycles. The van der Waals surface area contributed by atoms with Crippen LogP contribution >= 0.6 is 0 Å². The average molecular weight is 1610 g/mol. The molecule has 0 aromatic heterocycles. The van der Waals surface area contributed by atoms with Crippen molar-refractivity contribution in [3.8, 4) is 0 Å². The topological polar surface area (TPSA) is 809 Å². The van der Waals surface area contributed by atoms with E-state index in [4.69, 9.17) is 28.7 Å². The molecule has 0 aliphatic heterocycles. The van der Waals surface area contributed by atoms with E-state index in [9.17, 15) is 107 Å². The molecule has 47 nitrogen and oxygen atoms in total. The molecule has 640 valence electrons. The molecule has 0 heterocycles. The van der Waals surface area contributed by atoms with Crippen molar-refractivity contribution in [1.29, 1.82) is 0 Å². The number of quaternary nitrogens is 3. The van der Waals surface area contributed by atoms with Gasteiger partial charge in [-0.25, -0.2) is 0 Å². The first-order valence-electron chi connectivity index (χ1n) is 37.0. The second kappa shape index (κ2) is 55.8. The van der Waals surface area contributed by atoms with Crippen LogP contribution in [0.5, 0.6) is 0 Å². The Hall–Kier alpha value is -9.53. The Kier molecular flexibility index (Phi) is 51.1. The molecule has 0 fully saturated rings. The van der Waals surface area contributed by atoms with Gasteiger partial charge >= 0.3 is 5.97 Å². The lowest BCUT2D eigenvalue weighted by Crippen LogP contribution is -2.68. The van der Waals surface area contributed by atoms with Crippen LogP contribution in [0.2, 0.25) is 0 Å². The molecule has 0 saturated carbocycles. The number of carbonyl (C=O) groups is 17. The third-order valence-electron chi connectivity index (χ3n) is 16.7. The molecule has 0 aliphatic carbocycles. The SMILES string of the molecule is CC(=O)NCCCC[C@H](NC(=O)[C@H](CCCNC(N)N)NC(=O)[C@H](C)NC(=O)[C@@H](NC(=O)[C@H](CCC(N)=O)NC(=O)[C@H](CCCC[NH3+])NC(=O)[C@@H](NC(=O)[C@H](CCCNC(N)N)NC(=O)[C@H](C)[NH3+])[C@@H](C)O)[C@@H](C)O)C(=O)N[C@@H](CO)C(=O)N[C@H](C(=O)NCC(=O)NCC(=O)N[C@@H](CCCC[NH3+])C(=O)N[C@@H](C)C(=O)O)[C@@H](C)O. The number of carboxylic acids is 1. The molecule has 47 heteroatoms. The Bertz CT molecular complexity index is 3060. The van der Waals surface area contributed by atoms with E-state index >= 15 is 0 Å². The van der Waals surface area contributed by atoms with Crippen molar-refractivity contribution in [2.75, 3.05) is 52.4 Å². The first-order chi connectivity index (χ1) is 52.5. The fourth-order valence-electron chi connectivity index (χ4n) is 10.2. The maximum atomic E-state index is 14.4. The van der Waals surface area contributed by atoms with Gasteiger partial charge < -0.3 is 151 Å². The maximum absolute atomic E-state index is 14.4. The van der Waals surface area contributed by atoms with E-state index in [1.807, 2.05) is 0 Å². The zero-order valence-electron chi connectivity index (χ0n) is 64.8. The van der Waals surface area contributed by atoms with Crippen molar-refractivity contribution in [3.05, 3.63) is 0 Å². The van der Waals surface area contributed by atoms with Crippen molar-refractivity contribution < 1.29 is 124 Å². The largest absolute Gasteiger partial charge is 0.480 e. The van der Waals surface area contributed by atoms with Gasteiger partial charge in [0, 0.05) is 19.9 Å². The van der Waals surface area contributed by atoms with Crippen LogP contribution in [0.1, 0.15) is 145 Å². The minimum atomic E-state index is -1.94. The van der Waals surface area contributed by atoms with Crippen molar-refractivity contribution in [2.45, 2.75) is 254 Å². The lowest BCUT2D eigenvalue weighted by atomic mass is 10.0. The van der Waals surface area contributed by atoms with Crippen LogP contribution in [0.4, 0.5) is 0 Å². The Morgan fingerprint density at radius 1 is 0.357 bits per heavy atom. The van der Waals surface area contributed by atoms with Crippen LogP contribution < -0.4 is 136 Å². The summed E-state index contributed by atoms with van der Waals surface area (Å²) in [5.74, 6) is -17.0. The number of aliphatic hydroxyl groups excluding tert-OH is 4. The van der Waals surface area contributed by atoms with Crippen molar-refractivity contribution in [2.24, 2.45) is 28.7 Å². The molecule has 0 rings (SSSR count). The molecule has 0 aromatic rings. The number of aliphatic hydroxyl groups is 4. The highest BCUT2D eigenvalue weighted by Crippen LogP contribution is 2.11. The Labute approximate surface area is 648 Å². The smallest absolute Gasteiger partial charge is 0.325 e. The molecular formula is C65H126N25O22+3. The summed E-state index contributed by atoms with van der Waals surface area (Å²) in [6.45, 7) is 6.96. The summed E-state index contributed by atoms with van der Waals surface area (Å²) in [6, 6.07) is -20.1. The summed E-state index contributed by atoms with van der Waals surface area (Å²) in [6.07, 6.45) is -6.30. The van der Waals surface area contributed by atoms with Crippen molar-refractivity contribution in [1.82, 2.24) is 90.4 Å². The van der Waals surface area contributed by atoms with Gasteiger partial charge in [0.2, 0.25) is 88.6 Å². The number of unbranched alkanes of at least 4 members (excludes halogenated alkanes) is 3. The molecule has 16 atom stereocenters. The van der Waals surface area contributed by atoms with Crippen LogP contribution in [-0.2, 0) is 81.5 Å². The summed E-state index contributed by atoms with van der Waals surface area (Å²) in [5, 5.41) is 92.9. The van der Waals surface area contributed by atoms with E-state index in [-0.39, 0.29) is 83.8 Å². The van der Waals surface area contributed by atoms with E-state index in [1.54, 1.807) is 0 Å². The molecule has 41 N–H and O–H groups in total. The third-order valence-corrected chi connectivity index (χ3v) is 16.7. The summed E-state index contributed by atoms with van der Waals surface area (Å²) in [4.78, 5) is 226. The molecule has 0 bridgehead atoms. The maximum Gasteiger partial charge on any atom is 0.325 e. The summed E-state index contributed by atoms with van der Waals surface area (Å²) < 4.78 is 0. The number of hydrogen-bond acceptors (Lipinski definition) is 27. The van der Waals surface area contributed by atoms with Gasteiger partial charge in [0.15, 0.2) is 6.04 Å². The van der Waals surface area contributed by atoms with Gasteiger partial charge in [0.05, 0.1) is 51.1 Å². The number of nitrogens with one attached hydrogen (secondary N) is 17. The number of carbonyl (C=O) groups excluding carboxylic acids is 16. The van der Waals surface area contributed by atoms with Gasteiger partial charge in [-0.3, -0.25) is 92.1 Å². The van der Waals surface area contributed by atoms with E-state index in [2.05, 4.69) is 108 Å². The van der Waals surface area contributed by atoms with Gasteiger partial charge in [-0.15, -0.1) is 0 Å². The zero-order valence-corrected chi connectivity index (χ0v) is 64.8. The Morgan fingerprint density at radius 3 is 1.10 bits per heavy atom. The minimum Gasteiger partial charge on any atom is -0.480 e. The van der Waals surface area contributed by atoms with Crippen LogP contribution in [0.3, 0.4) is 0 Å². The molecule has 0 aliphatic rings. The lowest BCUT2D eigenvalue weighted by molar-refractivity contribution is -0.398. The van der Waals surface area contributed by atoms with Crippen LogP contribution in [-0.4, -0.2) is 288 Å². The highest BCUT2D eigenvalue weighted by molar-refractivity contribution is 6.00. The van der Waals surface area contributed by atoms with Gasteiger partial charge in [0.1, 0.15) is 85.1 Å². The predicted molar refractivity (Wildman–Crippen MR) is 396 cm³/mol. The number of aliphatic carboxylic acids is 1. The Balaban J connectivity index is 6.81. The number of carboxylic acid groups (broad SMARTS) is 1. The van der Waals surface area contributed by atoms with Gasteiger partial charge in [0.25, 0.3) is 5.91 Å². The minimum absolute atomic E-state index is 0.00444. The van der Waals surface area contributed by atoms with E-state index in [1.165, 1.54) is 27.7 Å². The first kappa shape index (κ1) is 102. The van der Waals surface area contributed by atoms with Crippen LogP contribution in [0.25, 0.3) is 0 Å². The summed E-state index contributed by atoms with van der Waals surface area (Å²) >= 11 is 0. The van der Waals surface area contributed by atoms with Crippen molar-refractivity contribution in [3.63, 3.8) is 0 Å². The molecule has 0 aromatic carbocycles. The molecule has 16 amide bonds. The fourth-order valence-corrected chi connectivity index (χ4v) is 10.2. The van der Waals surface area contributed by atoms with Gasteiger partial charge in [-0.1, -0.05) is 0 Å². The third kappa shape index (κ3) is 43.3. The van der Waals surface area contributed by atoms with Gasteiger partial charge in [-0.05, 0) is 145 Å². The highest BCUT2D eigenvalue weighted by atomic mass is 16.4. The number of hydrogen-bond donors (Lipinski definition) is 30. The molecule has 0 spiro atoms. The monoisotopic (exact) mass is 1610 g/mol. The van der Waals surface area contributed by atoms with E-state index in [0.717, 1.165) is 20.8 Å². The van der Waals surface area contributed by atoms with Crippen LogP contribution in [0, 0.1) is 0 Å². The second-order valence-corrected chi connectivity index (χ2v) is 27.0. The molecule has 0 radical (unpaired) electrons. The quantitative estimate of drug-likeness (QED) is 0.0199. The zero-order chi connectivity index (χ0) is 85.5. The lowest BCUT2D eigenvalue weighted by Gasteiger charge is -2.29. The molecule has 112 heavy (non-hydrogen) atoms.